The zero-order chi connectivity index (χ0) is 14.4. The van der Waals surface area contributed by atoms with Crippen molar-refractivity contribution in [3.05, 3.63) is 29.3 Å². The molecule has 0 saturated carbocycles. The number of nitrogens with one attached hydrogen (secondary N) is 1. The maximum atomic E-state index is 11.3. The van der Waals surface area contributed by atoms with Gasteiger partial charge in [0.2, 0.25) is 5.91 Å². The van der Waals surface area contributed by atoms with Crippen molar-refractivity contribution in [2.75, 3.05) is 13.1 Å². The second-order valence-corrected chi connectivity index (χ2v) is 5.51. The van der Waals surface area contributed by atoms with Gasteiger partial charge in [-0.1, -0.05) is 13.0 Å². The van der Waals surface area contributed by atoms with Gasteiger partial charge in [0.15, 0.2) is 0 Å². The second kappa shape index (κ2) is 4.51. The highest BCUT2D eigenvalue weighted by molar-refractivity contribution is 6.13. The van der Waals surface area contributed by atoms with E-state index in [1.54, 1.807) is 0 Å². The molecule has 0 bridgehead atoms. The van der Waals surface area contributed by atoms with Crippen molar-refractivity contribution in [2.45, 2.75) is 13.3 Å². The van der Waals surface area contributed by atoms with Gasteiger partial charge in [0.25, 0.3) is 0 Å². The molecule has 6 nitrogen and oxygen atoms in total. The van der Waals surface area contributed by atoms with Crippen LogP contribution in [0.15, 0.2) is 33.3 Å². The highest BCUT2D eigenvalue weighted by atomic mass is 16.2. The summed E-state index contributed by atoms with van der Waals surface area (Å²) in [6, 6.07) is 6.10. The lowest BCUT2D eigenvalue weighted by atomic mass is 9.93. The van der Waals surface area contributed by atoms with Gasteiger partial charge in [-0.15, -0.1) is 0 Å². The highest BCUT2D eigenvalue weighted by Gasteiger charge is 2.26. The number of aliphatic imine (C=N–C) groups is 2. The lowest BCUT2D eigenvalue weighted by Crippen LogP contribution is -2.32. The van der Waals surface area contributed by atoms with Crippen molar-refractivity contribution in [1.82, 2.24) is 10.3 Å². The summed E-state index contributed by atoms with van der Waals surface area (Å²) in [6.45, 7) is 3.73. The van der Waals surface area contributed by atoms with E-state index in [9.17, 15) is 4.79 Å². The van der Waals surface area contributed by atoms with Crippen LogP contribution in [0.25, 0.3) is 0 Å². The zero-order valence-corrected chi connectivity index (χ0v) is 11.7. The number of carbonyl (C=O) groups excluding carboxylic acids is 1. The molecule has 106 valence electrons. The van der Waals surface area contributed by atoms with Gasteiger partial charge >= 0.3 is 0 Å². The Hall–Kier alpha value is -2.50. The first-order chi connectivity index (χ1) is 10.2. The molecule has 21 heavy (non-hydrogen) atoms. The summed E-state index contributed by atoms with van der Waals surface area (Å²) < 4.78 is 0. The maximum absolute atomic E-state index is 11.3. The molecule has 1 amide bonds. The minimum Gasteiger partial charge on any atom is -0.315 e. The number of amides is 1. The van der Waals surface area contributed by atoms with Crippen LogP contribution in [0.5, 0.6) is 0 Å². The molecule has 6 heteroatoms. The molecule has 3 aliphatic heterocycles. The smallest absolute Gasteiger partial charge is 0.240 e. The Morgan fingerprint density at radius 3 is 3.14 bits per heavy atom. The van der Waals surface area contributed by atoms with Crippen molar-refractivity contribution in [2.24, 2.45) is 21.0 Å². The van der Waals surface area contributed by atoms with Crippen LogP contribution in [0.1, 0.15) is 24.5 Å². The molecule has 0 spiro atoms. The van der Waals surface area contributed by atoms with Gasteiger partial charge in [0.1, 0.15) is 5.84 Å². The molecule has 1 unspecified atom stereocenters. The third-order valence-corrected chi connectivity index (χ3v) is 4.00. The summed E-state index contributed by atoms with van der Waals surface area (Å²) in [5.41, 5.74) is 6.44. The van der Waals surface area contributed by atoms with Crippen LogP contribution in [0, 0.1) is 5.92 Å². The third-order valence-electron chi connectivity index (χ3n) is 4.00. The van der Waals surface area contributed by atoms with Gasteiger partial charge in [-0.25, -0.2) is 10.4 Å². The van der Waals surface area contributed by atoms with Crippen LogP contribution in [-0.2, 0) is 4.79 Å². The van der Waals surface area contributed by atoms with Crippen molar-refractivity contribution in [3.8, 4) is 0 Å². The van der Waals surface area contributed by atoms with Crippen LogP contribution >= 0.6 is 0 Å². The van der Waals surface area contributed by atoms with Crippen molar-refractivity contribution in [1.29, 1.82) is 0 Å². The first-order valence-electron chi connectivity index (χ1n) is 7.09. The van der Waals surface area contributed by atoms with Crippen LogP contribution in [0.4, 0.5) is 5.69 Å². The summed E-state index contributed by atoms with van der Waals surface area (Å²) >= 11 is 0. The monoisotopic (exact) mass is 281 g/mol. The maximum Gasteiger partial charge on any atom is 0.240 e. The zero-order valence-electron chi connectivity index (χ0n) is 11.7. The minimum atomic E-state index is -0.0295. The van der Waals surface area contributed by atoms with Gasteiger partial charge in [0.05, 0.1) is 24.3 Å². The molecule has 1 aromatic carbocycles. The van der Waals surface area contributed by atoms with Gasteiger partial charge in [-0.3, -0.25) is 9.79 Å². The first-order valence-corrected chi connectivity index (χ1v) is 7.09. The molecule has 0 aromatic heterocycles. The Morgan fingerprint density at radius 2 is 2.29 bits per heavy atom. The largest absolute Gasteiger partial charge is 0.315 e. The average Bonchev–Trinajstić information content (AvgIpc) is 2.95. The van der Waals surface area contributed by atoms with Crippen molar-refractivity contribution >= 4 is 29.5 Å². The Labute approximate surface area is 122 Å². The van der Waals surface area contributed by atoms with E-state index in [1.807, 2.05) is 31.5 Å². The summed E-state index contributed by atoms with van der Waals surface area (Å²) in [5, 5.41) is 4.20. The highest BCUT2D eigenvalue weighted by Crippen LogP contribution is 2.29. The number of hydrogen-bond donors (Lipinski definition) is 1. The van der Waals surface area contributed by atoms with E-state index < -0.39 is 0 Å². The number of fused-ring (bicyclic) bond motifs is 3. The lowest BCUT2D eigenvalue weighted by Gasteiger charge is -2.23. The predicted octanol–water partition coefficient (Wildman–Crippen LogP) is 1.28. The van der Waals surface area contributed by atoms with Gasteiger partial charge in [-0.2, -0.15) is 5.10 Å². The number of nitrogens with zero attached hydrogens (tertiary/aromatic N) is 4. The quantitative estimate of drug-likeness (QED) is 0.842. The Kier molecular flexibility index (Phi) is 2.63. The Balaban J connectivity index is 1.75. The SMILES string of the molecule is CC1CC(=O)NN=C1c1ccc2c(c1)N=CN1CCN=C21. The van der Waals surface area contributed by atoms with E-state index in [1.165, 1.54) is 0 Å². The number of hydrazone groups is 1. The molecule has 4 rings (SSSR count). The van der Waals surface area contributed by atoms with E-state index in [0.717, 1.165) is 41.5 Å². The van der Waals surface area contributed by atoms with Gasteiger partial charge in [-0.05, 0) is 12.1 Å². The number of rotatable bonds is 1. The molecule has 3 heterocycles. The van der Waals surface area contributed by atoms with Gasteiger partial charge < -0.3 is 4.90 Å². The number of amidine groups is 1. The van der Waals surface area contributed by atoms with E-state index in [4.69, 9.17) is 0 Å². The molecule has 0 fully saturated rings. The standard InChI is InChI=1S/C15H15N5O/c1-9-6-13(21)18-19-14(9)10-2-3-11-12(7-10)17-8-20-5-4-16-15(11)20/h2-3,7-9H,4-6H2,1H3,(H,18,21). The van der Waals surface area contributed by atoms with E-state index >= 15 is 0 Å². The van der Waals surface area contributed by atoms with Gasteiger partial charge in [0, 0.05) is 30.0 Å². The number of benzene rings is 1. The summed E-state index contributed by atoms with van der Waals surface area (Å²) in [4.78, 5) is 22.5. The normalized spacial score (nSPS) is 23.2. The first kappa shape index (κ1) is 12.3. The molecule has 0 aliphatic carbocycles. The fraction of sp³-hybridized carbons (Fsp3) is 0.333. The Morgan fingerprint density at radius 1 is 1.38 bits per heavy atom. The van der Waals surface area contributed by atoms with E-state index in [2.05, 4.69) is 25.4 Å². The summed E-state index contributed by atoms with van der Waals surface area (Å²) in [7, 11) is 0. The molecule has 1 atom stereocenters. The van der Waals surface area contributed by atoms with Crippen LogP contribution in [-0.4, -0.2) is 41.8 Å². The fourth-order valence-electron chi connectivity index (χ4n) is 2.93. The number of hydrogen-bond acceptors (Lipinski definition) is 5. The fourth-order valence-corrected chi connectivity index (χ4v) is 2.93. The second-order valence-electron chi connectivity index (χ2n) is 5.51. The molecular formula is C15H15N5O. The average molecular weight is 281 g/mol. The summed E-state index contributed by atoms with van der Waals surface area (Å²) in [6.07, 6.45) is 2.31. The lowest BCUT2D eigenvalue weighted by molar-refractivity contribution is -0.121. The van der Waals surface area contributed by atoms with Crippen LogP contribution in [0.3, 0.4) is 0 Å². The molecular weight excluding hydrogens is 266 g/mol. The number of carbonyl (C=O) groups is 1. The topological polar surface area (TPSA) is 69.4 Å². The van der Waals surface area contributed by atoms with Crippen molar-refractivity contribution in [3.63, 3.8) is 0 Å². The van der Waals surface area contributed by atoms with Crippen LogP contribution < -0.4 is 5.43 Å². The summed E-state index contributed by atoms with van der Waals surface area (Å²) in [5.74, 6) is 1.08. The molecule has 0 saturated heterocycles. The molecule has 1 aromatic rings. The minimum absolute atomic E-state index is 0.0295. The third kappa shape index (κ3) is 1.94. The molecule has 0 radical (unpaired) electrons. The Bertz CT molecular complexity index is 719. The molecule has 1 N–H and O–H groups in total. The van der Waals surface area contributed by atoms with Crippen molar-refractivity contribution < 1.29 is 4.79 Å². The van der Waals surface area contributed by atoms with E-state index in [0.29, 0.717) is 6.42 Å². The molecule has 3 aliphatic rings. The predicted molar refractivity (Wildman–Crippen MR) is 81.2 cm³/mol. The van der Waals surface area contributed by atoms with E-state index in [-0.39, 0.29) is 11.8 Å². The van der Waals surface area contributed by atoms with Crippen LogP contribution in [0.2, 0.25) is 0 Å².